The standard InChI is InChI=1S/C9H7ClN2/c1-6-2-3-7-4-5-8(10)12-9(7)11-6/h2-5H,1H3. The van der Waals surface area contributed by atoms with Crippen molar-refractivity contribution in [3.05, 3.63) is 35.1 Å². The second kappa shape index (κ2) is 2.72. The highest BCUT2D eigenvalue weighted by Crippen LogP contribution is 2.13. The van der Waals surface area contributed by atoms with E-state index < -0.39 is 0 Å². The molecular formula is C9H7ClN2. The summed E-state index contributed by atoms with van der Waals surface area (Å²) in [6, 6.07) is 7.62. The van der Waals surface area contributed by atoms with Crippen LogP contribution in [-0.2, 0) is 0 Å². The van der Waals surface area contributed by atoms with Crippen molar-refractivity contribution in [1.82, 2.24) is 9.97 Å². The zero-order chi connectivity index (χ0) is 8.55. The summed E-state index contributed by atoms with van der Waals surface area (Å²) >= 11 is 5.72. The number of rotatable bonds is 0. The molecule has 0 unspecified atom stereocenters. The summed E-state index contributed by atoms with van der Waals surface area (Å²) in [5.41, 5.74) is 1.67. The molecule has 60 valence electrons. The molecule has 0 fully saturated rings. The normalized spacial score (nSPS) is 10.5. The van der Waals surface area contributed by atoms with Crippen LogP contribution < -0.4 is 0 Å². The van der Waals surface area contributed by atoms with Gasteiger partial charge in [-0.2, -0.15) is 0 Å². The van der Waals surface area contributed by atoms with E-state index in [2.05, 4.69) is 9.97 Å². The fraction of sp³-hybridized carbons (Fsp3) is 0.111. The zero-order valence-corrected chi connectivity index (χ0v) is 7.34. The highest BCUT2D eigenvalue weighted by molar-refractivity contribution is 6.29. The fourth-order valence-electron chi connectivity index (χ4n) is 1.07. The quantitative estimate of drug-likeness (QED) is 0.580. The SMILES string of the molecule is Cc1ccc2ccc(Cl)nc2n1. The van der Waals surface area contributed by atoms with Gasteiger partial charge in [-0.05, 0) is 31.2 Å². The van der Waals surface area contributed by atoms with Gasteiger partial charge in [0.25, 0.3) is 0 Å². The molecule has 2 heterocycles. The van der Waals surface area contributed by atoms with Gasteiger partial charge >= 0.3 is 0 Å². The molecule has 0 bridgehead atoms. The van der Waals surface area contributed by atoms with E-state index in [9.17, 15) is 0 Å². The molecule has 0 spiro atoms. The van der Waals surface area contributed by atoms with Crippen LogP contribution in [0.25, 0.3) is 11.0 Å². The van der Waals surface area contributed by atoms with Gasteiger partial charge in [0.05, 0.1) is 0 Å². The average Bonchev–Trinajstić information content (AvgIpc) is 2.03. The highest BCUT2D eigenvalue weighted by atomic mass is 35.5. The number of aryl methyl sites for hydroxylation is 1. The third-order valence-corrected chi connectivity index (χ3v) is 1.87. The largest absolute Gasteiger partial charge is 0.233 e. The molecule has 0 atom stereocenters. The molecule has 0 saturated carbocycles. The molecule has 2 aromatic heterocycles. The Bertz CT molecular complexity index is 389. The van der Waals surface area contributed by atoms with Gasteiger partial charge < -0.3 is 0 Å². The molecular weight excluding hydrogens is 172 g/mol. The smallest absolute Gasteiger partial charge is 0.161 e. The minimum Gasteiger partial charge on any atom is -0.233 e. The number of hydrogen-bond donors (Lipinski definition) is 0. The van der Waals surface area contributed by atoms with Crippen LogP contribution in [0.15, 0.2) is 24.3 Å². The Morgan fingerprint density at radius 1 is 1.08 bits per heavy atom. The van der Waals surface area contributed by atoms with E-state index in [4.69, 9.17) is 11.6 Å². The predicted octanol–water partition coefficient (Wildman–Crippen LogP) is 2.59. The second-order valence-corrected chi connectivity index (χ2v) is 3.02. The van der Waals surface area contributed by atoms with E-state index in [1.54, 1.807) is 6.07 Å². The van der Waals surface area contributed by atoms with Gasteiger partial charge in [-0.3, -0.25) is 0 Å². The van der Waals surface area contributed by atoms with Gasteiger partial charge in [-0.15, -0.1) is 0 Å². The Kier molecular flexibility index (Phi) is 1.70. The summed E-state index contributed by atoms with van der Waals surface area (Å²) in [5.74, 6) is 0. The lowest BCUT2D eigenvalue weighted by Gasteiger charge is -1.97. The van der Waals surface area contributed by atoms with E-state index in [0.29, 0.717) is 10.8 Å². The van der Waals surface area contributed by atoms with Gasteiger partial charge in [0.1, 0.15) is 5.15 Å². The first-order valence-corrected chi connectivity index (χ1v) is 4.03. The van der Waals surface area contributed by atoms with E-state index in [-0.39, 0.29) is 0 Å². The lowest BCUT2D eigenvalue weighted by Crippen LogP contribution is -1.86. The van der Waals surface area contributed by atoms with Gasteiger partial charge in [0, 0.05) is 11.1 Å². The highest BCUT2D eigenvalue weighted by Gasteiger charge is 1.96. The average molecular weight is 179 g/mol. The molecule has 2 rings (SSSR count). The van der Waals surface area contributed by atoms with Crippen LogP contribution in [0.4, 0.5) is 0 Å². The summed E-state index contributed by atoms with van der Waals surface area (Å²) in [6.07, 6.45) is 0. The summed E-state index contributed by atoms with van der Waals surface area (Å²) in [4.78, 5) is 8.33. The van der Waals surface area contributed by atoms with E-state index in [0.717, 1.165) is 11.1 Å². The molecule has 2 aromatic rings. The van der Waals surface area contributed by atoms with Crippen LogP contribution >= 0.6 is 11.6 Å². The first-order valence-electron chi connectivity index (χ1n) is 3.65. The van der Waals surface area contributed by atoms with E-state index >= 15 is 0 Å². The van der Waals surface area contributed by atoms with E-state index in [1.165, 1.54) is 0 Å². The van der Waals surface area contributed by atoms with Crippen molar-refractivity contribution in [1.29, 1.82) is 0 Å². The lowest BCUT2D eigenvalue weighted by atomic mass is 10.3. The van der Waals surface area contributed by atoms with Crippen molar-refractivity contribution in [3.8, 4) is 0 Å². The molecule has 12 heavy (non-hydrogen) atoms. The minimum atomic E-state index is 0.487. The number of pyridine rings is 2. The van der Waals surface area contributed by atoms with Crippen molar-refractivity contribution in [2.24, 2.45) is 0 Å². The molecule has 2 nitrogen and oxygen atoms in total. The van der Waals surface area contributed by atoms with Crippen LogP contribution in [-0.4, -0.2) is 9.97 Å². The molecule has 0 aliphatic rings. The van der Waals surface area contributed by atoms with Crippen molar-refractivity contribution in [2.75, 3.05) is 0 Å². The first-order chi connectivity index (χ1) is 5.75. The summed E-state index contributed by atoms with van der Waals surface area (Å²) in [7, 11) is 0. The Labute approximate surface area is 75.2 Å². The number of halogens is 1. The van der Waals surface area contributed by atoms with Crippen molar-refractivity contribution in [3.63, 3.8) is 0 Å². The van der Waals surface area contributed by atoms with Gasteiger partial charge in [0.2, 0.25) is 0 Å². The van der Waals surface area contributed by atoms with Crippen LogP contribution in [0, 0.1) is 6.92 Å². The lowest BCUT2D eigenvalue weighted by molar-refractivity contribution is 1.20. The minimum absolute atomic E-state index is 0.487. The maximum Gasteiger partial charge on any atom is 0.161 e. The van der Waals surface area contributed by atoms with Crippen LogP contribution in [0.2, 0.25) is 5.15 Å². The number of fused-ring (bicyclic) bond motifs is 1. The first kappa shape index (κ1) is 7.50. The monoisotopic (exact) mass is 178 g/mol. The Morgan fingerprint density at radius 2 is 1.83 bits per heavy atom. The Morgan fingerprint density at radius 3 is 2.67 bits per heavy atom. The second-order valence-electron chi connectivity index (χ2n) is 2.63. The van der Waals surface area contributed by atoms with Crippen LogP contribution in [0.1, 0.15) is 5.69 Å². The molecule has 3 heteroatoms. The molecule has 0 radical (unpaired) electrons. The third-order valence-electron chi connectivity index (χ3n) is 1.66. The van der Waals surface area contributed by atoms with Gasteiger partial charge in [-0.25, -0.2) is 9.97 Å². The van der Waals surface area contributed by atoms with Crippen molar-refractivity contribution < 1.29 is 0 Å². The van der Waals surface area contributed by atoms with Crippen LogP contribution in [0.3, 0.4) is 0 Å². The molecule has 0 aromatic carbocycles. The molecule has 0 saturated heterocycles. The molecule has 0 aliphatic heterocycles. The Hall–Kier alpha value is -1.15. The summed E-state index contributed by atoms with van der Waals surface area (Å²) in [6.45, 7) is 1.93. The van der Waals surface area contributed by atoms with Gasteiger partial charge in [0.15, 0.2) is 5.65 Å². The Balaban J connectivity index is 2.80. The zero-order valence-electron chi connectivity index (χ0n) is 6.58. The van der Waals surface area contributed by atoms with E-state index in [1.807, 2.05) is 25.1 Å². The summed E-state index contributed by atoms with van der Waals surface area (Å²) in [5, 5.41) is 1.51. The van der Waals surface area contributed by atoms with Crippen LogP contribution in [0.5, 0.6) is 0 Å². The summed E-state index contributed by atoms with van der Waals surface area (Å²) < 4.78 is 0. The topological polar surface area (TPSA) is 25.8 Å². The molecule has 0 amide bonds. The third kappa shape index (κ3) is 1.25. The fourth-order valence-corrected chi connectivity index (χ4v) is 1.21. The van der Waals surface area contributed by atoms with Crippen molar-refractivity contribution in [2.45, 2.75) is 6.92 Å². The maximum atomic E-state index is 5.72. The number of hydrogen-bond acceptors (Lipinski definition) is 2. The number of aromatic nitrogens is 2. The number of nitrogens with zero attached hydrogens (tertiary/aromatic N) is 2. The predicted molar refractivity (Wildman–Crippen MR) is 49.3 cm³/mol. The van der Waals surface area contributed by atoms with Gasteiger partial charge in [-0.1, -0.05) is 11.6 Å². The molecule has 0 aliphatic carbocycles. The maximum absolute atomic E-state index is 5.72. The molecule has 0 N–H and O–H groups in total. The van der Waals surface area contributed by atoms with Crippen molar-refractivity contribution >= 4 is 22.6 Å².